The molecule has 0 spiro atoms. The number of hydrogen-bond donors (Lipinski definition) is 1. The van der Waals surface area contributed by atoms with E-state index < -0.39 is 9.84 Å². The first-order chi connectivity index (χ1) is 11.4. The molecule has 1 aliphatic carbocycles. The van der Waals surface area contributed by atoms with E-state index in [0.717, 1.165) is 18.5 Å². The second kappa shape index (κ2) is 6.76. The maximum absolute atomic E-state index is 12.5. The third-order valence-electron chi connectivity index (χ3n) is 4.44. The summed E-state index contributed by atoms with van der Waals surface area (Å²) in [5, 5.41) is 6.78. The number of amides is 1. The summed E-state index contributed by atoms with van der Waals surface area (Å²) in [5.74, 6) is -0.178. The largest absolute Gasteiger partial charge is 0.349 e. The van der Waals surface area contributed by atoms with Crippen LogP contribution in [0.4, 0.5) is 0 Å². The predicted molar refractivity (Wildman–Crippen MR) is 91.9 cm³/mol. The monoisotopic (exact) mass is 347 g/mol. The zero-order valence-electron chi connectivity index (χ0n) is 13.6. The van der Waals surface area contributed by atoms with Crippen LogP contribution >= 0.6 is 0 Å². The molecule has 2 aromatic rings. The van der Waals surface area contributed by atoms with Crippen molar-refractivity contribution in [3.05, 3.63) is 48.3 Å². The molecular weight excluding hydrogens is 326 g/mol. The van der Waals surface area contributed by atoms with Gasteiger partial charge in [-0.15, -0.1) is 0 Å². The van der Waals surface area contributed by atoms with Gasteiger partial charge in [0.25, 0.3) is 5.91 Å². The average Bonchev–Trinajstić information content (AvgIpc) is 3.09. The third-order valence-corrected chi connectivity index (χ3v) is 6.08. The van der Waals surface area contributed by atoms with E-state index in [1.807, 2.05) is 24.4 Å². The molecule has 24 heavy (non-hydrogen) atoms. The lowest BCUT2D eigenvalue weighted by Gasteiger charge is -2.28. The molecule has 1 heterocycles. The molecule has 128 valence electrons. The first-order valence-electron chi connectivity index (χ1n) is 8.03. The van der Waals surface area contributed by atoms with Crippen LogP contribution in [-0.2, 0) is 9.84 Å². The molecule has 0 radical (unpaired) electrons. The molecule has 0 aliphatic heterocycles. The van der Waals surface area contributed by atoms with E-state index in [1.54, 1.807) is 23.0 Å². The van der Waals surface area contributed by atoms with Crippen molar-refractivity contribution in [3.63, 3.8) is 0 Å². The molecule has 2 atom stereocenters. The van der Waals surface area contributed by atoms with Gasteiger partial charge < -0.3 is 5.32 Å². The lowest BCUT2D eigenvalue weighted by molar-refractivity contribution is 0.0928. The highest BCUT2D eigenvalue weighted by atomic mass is 32.2. The van der Waals surface area contributed by atoms with Gasteiger partial charge in [0.15, 0.2) is 0 Å². The van der Waals surface area contributed by atoms with Crippen LogP contribution < -0.4 is 5.32 Å². The van der Waals surface area contributed by atoms with Crippen LogP contribution in [-0.4, -0.2) is 41.7 Å². The number of aromatic nitrogens is 2. The first kappa shape index (κ1) is 16.7. The fourth-order valence-corrected chi connectivity index (χ4v) is 4.32. The minimum Gasteiger partial charge on any atom is -0.349 e. The second-order valence-corrected chi connectivity index (χ2v) is 8.62. The second-order valence-electron chi connectivity index (χ2n) is 6.29. The normalized spacial score (nSPS) is 21.4. The summed E-state index contributed by atoms with van der Waals surface area (Å²) in [6.45, 7) is 0. The Bertz CT molecular complexity index is 815. The number of nitrogens with zero attached hydrogens (tertiary/aromatic N) is 2. The molecule has 7 heteroatoms. The Morgan fingerprint density at radius 3 is 2.83 bits per heavy atom. The van der Waals surface area contributed by atoms with Gasteiger partial charge in [-0.3, -0.25) is 4.79 Å². The molecule has 1 aliphatic rings. The fourth-order valence-electron chi connectivity index (χ4n) is 3.14. The minimum absolute atomic E-state index is 0.0978. The lowest BCUT2D eigenvalue weighted by atomic mass is 9.94. The predicted octanol–water partition coefficient (Wildman–Crippen LogP) is 1.96. The molecule has 0 saturated heterocycles. The molecule has 6 nitrogen and oxygen atoms in total. The molecular formula is C17H21N3O3S. The summed E-state index contributed by atoms with van der Waals surface area (Å²) in [6.07, 6.45) is 7.57. The van der Waals surface area contributed by atoms with Crippen LogP contribution in [0.3, 0.4) is 0 Å². The van der Waals surface area contributed by atoms with Gasteiger partial charge in [-0.1, -0.05) is 12.5 Å². The van der Waals surface area contributed by atoms with Crippen LogP contribution in [0.5, 0.6) is 0 Å². The minimum atomic E-state index is -3.06. The number of benzene rings is 1. The topological polar surface area (TPSA) is 81.1 Å². The highest BCUT2D eigenvalue weighted by molar-refractivity contribution is 7.91. The maximum Gasteiger partial charge on any atom is 0.251 e. The number of sulfone groups is 1. The average molecular weight is 347 g/mol. The molecule has 1 amide bonds. The molecule has 1 fully saturated rings. The first-order valence-corrected chi connectivity index (χ1v) is 9.99. The number of carbonyl (C=O) groups is 1. The SMILES string of the molecule is CS(=O)(=O)[C@H]1CCC[C@@H](NC(=O)c2cccc(-n3cccn3)c2)C1. The molecule has 1 N–H and O–H groups in total. The van der Waals surface area contributed by atoms with Gasteiger partial charge in [0.1, 0.15) is 9.84 Å². The number of carbonyl (C=O) groups excluding carboxylic acids is 1. The van der Waals surface area contributed by atoms with Crippen LogP contribution in [0.25, 0.3) is 5.69 Å². The highest BCUT2D eigenvalue weighted by Crippen LogP contribution is 2.24. The number of hydrogen-bond acceptors (Lipinski definition) is 4. The smallest absolute Gasteiger partial charge is 0.251 e. The maximum atomic E-state index is 12.5. The van der Waals surface area contributed by atoms with E-state index in [4.69, 9.17) is 0 Å². The van der Waals surface area contributed by atoms with E-state index in [2.05, 4.69) is 10.4 Å². The van der Waals surface area contributed by atoms with Gasteiger partial charge in [0.05, 0.1) is 10.9 Å². The third kappa shape index (κ3) is 3.84. The van der Waals surface area contributed by atoms with E-state index in [0.29, 0.717) is 18.4 Å². The fraction of sp³-hybridized carbons (Fsp3) is 0.412. The van der Waals surface area contributed by atoms with Crippen molar-refractivity contribution < 1.29 is 13.2 Å². The van der Waals surface area contributed by atoms with Crippen molar-refractivity contribution >= 4 is 15.7 Å². The summed E-state index contributed by atoms with van der Waals surface area (Å²) in [5.41, 5.74) is 1.36. The van der Waals surface area contributed by atoms with Crippen molar-refractivity contribution in [2.75, 3.05) is 6.26 Å². The van der Waals surface area contributed by atoms with Gasteiger partial charge in [0.2, 0.25) is 0 Å². The van der Waals surface area contributed by atoms with Crippen LogP contribution in [0.1, 0.15) is 36.0 Å². The Hall–Kier alpha value is -2.15. The van der Waals surface area contributed by atoms with Gasteiger partial charge in [-0.05, 0) is 43.5 Å². The summed E-state index contributed by atoms with van der Waals surface area (Å²) in [4.78, 5) is 12.5. The van der Waals surface area contributed by atoms with Gasteiger partial charge >= 0.3 is 0 Å². The zero-order chi connectivity index (χ0) is 17.2. The number of rotatable bonds is 4. The summed E-state index contributed by atoms with van der Waals surface area (Å²) in [7, 11) is -3.06. The summed E-state index contributed by atoms with van der Waals surface area (Å²) < 4.78 is 25.2. The van der Waals surface area contributed by atoms with Crippen molar-refractivity contribution in [3.8, 4) is 5.69 Å². The Balaban J connectivity index is 1.70. The van der Waals surface area contributed by atoms with E-state index in [1.165, 1.54) is 6.26 Å². The van der Waals surface area contributed by atoms with E-state index in [-0.39, 0.29) is 17.2 Å². The molecule has 0 bridgehead atoms. The van der Waals surface area contributed by atoms with Crippen LogP contribution in [0, 0.1) is 0 Å². The molecule has 1 aromatic heterocycles. The number of nitrogens with one attached hydrogen (secondary N) is 1. The van der Waals surface area contributed by atoms with Crippen molar-refractivity contribution in [2.45, 2.75) is 37.0 Å². The highest BCUT2D eigenvalue weighted by Gasteiger charge is 2.29. The van der Waals surface area contributed by atoms with Gasteiger partial charge in [0, 0.05) is 30.3 Å². The van der Waals surface area contributed by atoms with Crippen molar-refractivity contribution in [1.29, 1.82) is 0 Å². The zero-order valence-corrected chi connectivity index (χ0v) is 14.4. The van der Waals surface area contributed by atoms with Crippen LogP contribution in [0.2, 0.25) is 0 Å². The van der Waals surface area contributed by atoms with Gasteiger partial charge in [-0.2, -0.15) is 5.10 Å². The van der Waals surface area contributed by atoms with Gasteiger partial charge in [-0.25, -0.2) is 13.1 Å². The van der Waals surface area contributed by atoms with Crippen LogP contribution in [0.15, 0.2) is 42.7 Å². The molecule has 3 rings (SSSR count). The standard InChI is InChI=1S/C17H21N3O3S/c1-24(22,23)16-8-3-6-14(12-16)19-17(21)13-5-2-7-15(11-13)20-10-4-9-18-20/h2,4-5,7,9-11,14,16H,3,6,8,12H2,1H3,(H,19,21)/t14-,16+/m1/s1. The van der Waals surface area contributed by atoms with E-state index in [9.17, 15) is 13.2 Å². The van der Waals surface area contributed by atoms with Crippen molar-refractivity contribution in [2.24, 2.45) is 0 Å². The Morgan fingerprint density at radius 2 is 2.12 bits per heavy atom. The molecule has 1 aromatic carbocycles. The molecule has 0 unspecified atom stereocenters. The Morgan fingerprint density at radius 1 is 1.29 bits per heavy atom. The Kier molecular flexibility index (Phi) is 4.71. The van der Waals surface area contributed by atoms with E-state index >= 15 is 0 Å². The lowest BCUT2D eigenvalue weighted by Crippen LogP contribution is -2.41. The summed E-state index contributed by atoms with van der Waals surface area (Å²) in [6, 6.07) is 8.94. The quantitative estimate of drug-likeness (QED) is 0.917. The van der Waals surface area contributed by atoms with Crippen molar-refractivity contribution in [1.82, 2.24) is 15.1 Å². The summed E-state index contributed by atoms with van der Waals surface area (Å²) >= 11 is 0. The Labute approximate surface area is 141 Å². The molecule has 1 saturated carbocycles.